The summed E-state index contributed by atoms with van der Waals surface area (Å²) >= 11 is 1.42. The molecule has 0 aliphatic rings. The topological polar surface area (TPSA) is 58.9 Å². The highest BCUT2D eigenvalue weighted by Crippen LogP contribution is 2.38. The Morgan fingerprint density at radius 3 is 2.85 bits per heavy atom. The molecule has 2 aromatic carbocycles. The summed E-state index contributed by atoms with van der Waals surface area (Å²) in [6.45, 7) is 5.78. The molecule has 26 heavy (non-hydrogen) atoms. The first-order chi connectivity index (χ1) is 12.7. The van der Waals surface area contributed by atoms with Gasteiger partial charge in [-0.2, -0.15) is 0 Å². The molecule has 0 saturated heterocycles. The average Bonchev–Trinajstić information content (AvgIpc) is 3.01. The van der Waals surface area contributed by atoms with Gasteiger partial charge in [0.1, 0.15) is 16.3 Å². The number of esters is 1. The lowest BCUT2D eigenvalue weighted by Gasteiger charge is -2.05. The fourth-order valence-corrected chi connectivity index (χ4v) is 3.72. The van der Waals surface area contributed by atoms with Crippen LogP contribution < -0.4 is 0 Å². The van der Waals surface area contributed by atoms with Crippen LogP contribution >= 0.6 is 11.3 Å². The molecule has 0 saturated carbocycles. The van der Waals surface area contributed by atoms with Crippen LogP contribution in [0.25, 0.3) is 10.1 Å². The van der Waals surface area contributed by atoms with Gasteiger partial charge in [-0.05, 0) is 31.0 Å². The van der Waals surface area contributed by atoms with Gasteiger partial charge in [0, 0.05) is 21.9 Å². The Labute approximate surface area is 156 Å². The monoisotopic (exact) mass is 365 g/mol. The van der Waals surface area contributed by atoms with Crippen molar-refractivity contribution >= 4 is 38.6 Å². The molecule has 5 heteroatoms. The second-order valence-corrected chi connectivity index (χ2v) is 6.64. The Morgan fingerprint density at radius 2 is 2.08 bits per heavy atom. The highest BCUT2D eigenvalue weighted by Gasteiger charge is 2.19. The Hall–Kier alpha value is -2.92. The number of aromatic hydroxyl groups is 1. The maximum Gasteiger partial charge on any atom is 0.341 e. The molecule has 1 N–H and O–H groups in total. The quantitative estimate of drug-likeness (QED) is 0.368. The lowest BCUT2D eigenvalue weighted by molar-refractivity contribution is 0.0530. The number of aliphatic imine (C=N–C) groups is 1. The van der Waals surface area contributed by atoms with Crippen LogP contribution in [0.2, 0.25) is 0 Å². The number of thiophene rings is 1. The summed E-state index contributed by atoms with van der Waals surface area (Å²) in [5.41, 5.74) is 1.84. The number of benzene rings is 2. The van der Waals surface area contributed by atoms with Crippen LogP contribution in [0.5, 0.6) is 5.75 Å². The number of phenolic OH excluding ortho intramolecular Hbond substituents is 1. The molecule has 3 rings (SSSR count). The normalized spacial score (nSPS) is 11.1. The van der Waals surface area contributed by atoms with Gasteiger partial charge in [-0.1, -0.05) is 36.4 Å². The van der Waals surface area contributed by atoms with Crippen molar-refractivity contribution in [3.63, 3.8) is 0 Å². The van der Waals surface area contributed by atoms with E-state index in [1.807, 2.05) is 36.4 Å². The molecular formula is C21H19NO3S. The van der Waals surface area contributed by atoms with E-state index in [0.29, 0.717) is 29.2 Å². The van der Waals surface area contributed by atoms with E-state index < -0.39 is 0 Å². The Morgan fingerprint density at radius 1 is 1.27 bits per heavy atom. The smallest absolute Gasteiger partial charge is 0.341 e. The summed E-state index contributed by atoms with van der Waals surface area (Å²) in [6, 6.07) is 13.1. The number of hydrogen-bond donors (Lipinski definition) is 1. The number of nitrogens with zero attached hydrogens (tertiary/aromatic N) is 1. The van der Waals surface area contributed by atoms with E-state index in [1.165, 1.54) is 11.3 Å². The van der Waals surface area contributed by atoms with E-state index in [2.05, 4.69) is 11.6 Å². The van der Waals surface area contributed by atoms with Crippen molar-refractivity contribution in [2.24, 2.45) is 4.99 Å². The second-order valence-electron chi connectivity index (χ2n) is 5.60. The van der Waals surface area contributed by atoms with Crippen LogP contribution in [0.4, 0.5) is 5.00 Å². The number of fused-ring (bicyclic) bond motifs is 1. The third-order valence-electron chi connectivity index (χ3n) is 3.89. The largest absolute Gasteiger partial charge is 0.507 e. The lowest BCUT2D eigenvalue weighted by Crippen LogP contribution is -2.03. The number of allylic oxidation sites excluding steroid dienone is 1. The number of para-hydroxylation sites is 1. The summed E-state index contributed by atoms with van der Waals surface area (Å²) in [4.78, 5) is 16.9. The van der Waals surface area contributed by atoms with Gasteiger partial charge in [0.25, 0.3) is 0 Å². The number of hydrogen-bond acceptors (Lipinski definition) is 5. The van der Waals surface area contributed by atoms with Crippen molar-refractivity contribution in [3.8, 4) is 5.75 Å². The first kappa shape index (κ1) is 17.9. The van der Waals surface area contributed by atoms with Crippen LogP contribution in [0.15, 0.2) is 60.1 Å². The molecule has 0 atom stereocenters. The highest BCUT2D eigenvalue weighted by atomic mass is 32.1. The summed E-state index contributed by atoms with van der Waals surface area (Å²) in [7, 11) is 0. The molecule has 0 amide bonds. The molecule has 0 fully saturated rings. The van der Waals surface area contributed by atoms with E-state index in [9.17, 15) is 9.90 Å². The molecule has 132 valence electrons. The van der Waals surface area contributed by atoms with E-state index >= 15 is 0 Å². The van der Waals surface area contributed by atoms with Crippen molar-refractivity contribution < 1.29 is 14.6 Å². The van der Waals surface area contributed by atoms with Crippen molar-refractivity contribution in [2.75, 3.05) is 6.61 Å². The molecule has 0 unspecified atom stereocenters. The van der Waals surface area contributed by atoms with Crippen LogP contribution in [0.3, 0.4) is 0 Å². The van der Waals surface area contributed by atoms with Crippen molar-refractivity contribution in [3.05, 3.63) is 71.8 Å². The van der Waals surface area contributed by atoms with Crippen LogP contribution in [-0.2, 0) is 11.2 Å². The zero-order chi connectivity index (χ0) is 18.5. The average molecular weight is 365 g/mol. The number of phenols is 1. The predicted molar refractivity (Wildman–Crippen MR) is 107 cm³/mol. The molecule has 1 heterocycles. The maximum atomic E-state index is 12.4. The van der Waals surface area contributed by atoms with E-state index in [1.54, 1.807) is 25.3 Å². The minimum absolute atomic E-state index is 0.176. The van der Waals surface area contributed by atoms with Gasteiger partial charge in [-0.15, -0.1) is 17.9 Å². The molecular weight excluding hydrogens is 346 g/mol. The maximum absolute atomic E-state index is 12.4. The number of carbonyl (C=O) groups is 1. The lowest BCUT2D eigenvalue weighted by atomic mass is 10.1. The molecule has 0 aliphatic heterocycles. The summed E-state index contributed by atoms with van der Waals surface area (Å²) in [5, 5.41) is 11.8. The number of ether oxygens (including phenoxy) is 1. The minimum atomic E-state index is -0.387. The zero-order valence-electron chi connectivity index (χ0n) is 14.4. The molecule has 0 aliphatic carbocycles. The molecule has 3 aromatic rings. The Kier molecular flexibility index (Phi) is 5.49. The van der Waals surface area contributed by atoms with E-state index in [0.717, 1.165) is 15.6 Å². The predicted octanol–water partition coefficient (Wildman–Crippen LogP) is 5.26. The van der Waals surface area contributed by atoms with Gasteiger partial charge >= 0.3 is 5.97 Å². The second kappa shape index (κ2) is 7.97. The fraction of sp³-hybridized carbons (Fsp3) is 0.143. The molecule has 1 aromatic heterocycles. The molecule has 0 spiro atoms. The third kappa shape index (κ3) is 3.53. The van der Waals surface area contributed by atoms with Crippen molar-refractivity contribution in [1.29, 1.82) is 0 Å². The summed E-state index contributed by atoms with van der Waals surface area (Å²) in [5.74, 6) is -0.211. The fourth-order valence-electron chi connectivity index (χ4n) is 2.69. The van der Waals surface area contributed by atoms with Gasteiger partial charge in [0.05, 0.1) is 6.61 Å². The molecule has 0 bridgehead atoms. The summed E-state index contributed by atoms with van der Waals surface area (Å²) in [6.07, 6.45) is 3.89. The standard InChI is InChI=1S/C21H19NO3S/c1-3-8-14-9-7-10-15(19(14)23)13-22-20-18(21(24)25-4-2)16-11-5-6-12-17(16)26-20/h3,5-7,9-13,23H,1,4,8H2,2H3/b22-13+. The van der Waals surface area contributed by atoms with Gasteiger partial charge < -0.3 is 9.84 Å². The first-order valence-corrected chi connectivity index (χ1v) is 9.11. The Balaban J connectivity index is 2.05. The molecule has 4 nitrogen and oxygen atoms in total. The SMILES string of the molecule is C=CCc1cccc(/C=N/c2sc3ccccc3c2C(=O)OCC)c1O. The van der Waals surface area contributed by atoms with Gasteiger partial charge in [-0.25, -0.2) is 9.79 Å². The van der Waals surface area contributed by atoms with Crippen molar-refractivity contribution in [1.82, 2.24) is 0 Å². The Bertz CT molecular complexity index is 988. The molecule has 0 radical (unpaired) electrons. The van der Waals surface area contributed by atoms with Crippen LogP contribution in [0, 0.1) is 0 Å². The number of rotatable bonds is 6. The number of carbonyl (C=O) groups excluding carboxylic acids is 1. The van der Waals surface area contributed by atoms with Gasteiger partial charge in [-0.3, -0.25) is 0 Å². The van der Waals surface area contributed by atoms with Crippen LogP contribution in [0.1, 0.15) is 28.4 Å². The van der Waals surface area contributed by atoms with Gasteiger partial charge in [0.2, 0.25) is 0 Å². The first-order valence-electron chi connectivity index (χ1n) is 8.30. The van der Waals surface area contributed by atoms with Crippen molar-refractivity contribution in [2.45, 2.75) is 13.3 Å². The zero-order valence-corrected chi connectivity index (χ0v) is 15.3. The summed E-state index contributed by atoms with van der Waals surface area (Å²) < 4.78 is 6.16. The van der Waals surface area contributed by atoms with Crippen LogP contribution in [-0.4, -0.2) is 23.9 Å². The minimum Gasteiger partial charge on any atom is -0.507 e. The van der Waals surface area contributed by atoms with E-state index in [4.69, 9.17) is 4.74 Å². The van der Waals surface area contributed by atoms with E-state index in [-0.39, 0.29) is 11.7 Å². The van der Waals surface area contributed by atoms with Gasteiger partial charge in [0.15, 0.2) is 0 Å². The third-order valence-corrected chi connectivity index (χ3v) is 4.97. The highest BCUT2D eigenvalue weighted by molar-refractivity contribution is 7.23.